The van der Waals surface area contributed by atoms with E-state index in [1.807, 2.05) is 6.07 Å². The number of aliphatic hydroxyl groups is 1. The molecule has 1 aliphatic rings. The standard InChI is InChI=1S/C18H26N4O/c1-19-18(22-12-14-5-4-8-17(14)23)20-10-9-13-11-21-16-7-3-2-6-15(13)16/h2-3,6-7,11,14,17,21,23H,4-5,8-10,12H2,1H3,(H2,19,20,22). The Hall–Kier alpha value is -2.01. The van der Waals surface area contributed by atoms with Crippen molar-refractivity contribution >= 4 is 16.9 Å². The van der Waals surface area contributed by atoms with Gasteiger partial charge in [-0.2, -0.15) is 0 Å². The molecule has 4 N–H and O–H groups in total. The first kappa shape index (κ1) is 15.9. The van der Waals surface area contributed by atoms with Gasteiger partial charge in [-0.1, -0.05) is 24.6 Å². The Labute approximate surface area is 137 Å². The van der Waals surface area contributed by atoms with E-state index in [1.165, 1.54) is 16.5 Å². The summed E-state index contributed by atoms with van der Waals surface area (Å²) in [4.78, 5) is 7.57. The number of guanidine groups is 1. The lowest BCUT2D eigenvalue weighted by atomic mass is 10.1. The van der Waals surface area contributed by atoms with E-state index >= 15 is 0 Å². The van der Waals surface area contributed by atoms with Gasteiger partial charge in [-0.05, 0) is 30.9 Å². The van der Waals surface area contributed by atoms with Gasteiger partial charge in [0, 0.05) is 43.2 Å². The average Bonchev–Trinajstić information content (AvgIpc) is 3.17. The van der Waals surface area contributed by atoms with E-state index in [-0.39, 0.29) is 6.10 Å². The molecular weight excluding hydrogens is 288 g/mol. The monoisotopic (exact) mass is 314 g/mol. The molecule has 5 nitrogen and oxygen atoms in total. The summed E-state index contributed by atoms with van der Waals surface area (Å²) >= 11 is 0. The third-order valence-corrected chi connectivity index (χ3v) is 4.74. The lowest BCUT2D eigenvalue weighted by Crippen LogP contribution is -2.41. The van der Waals surface area contributed by atoms with Gasteiger partial charge in [0.25, 0.3) is 0 Å². The smallest absolute Gasteiger partial charge is 0.190 e. The normalized spacial score (nSPS) is 21.7. The van der Waals surface area contributed by atoms with Crippen molar-refractivity contribution in [2.45, 2.75) is 31.8 Å². The van der Waals surface area contributed by atoms with Crippen molar-refractivity contribution in [3.05, 3.63) is 36.0 Å². The summed E-state index contributed by atoms with van der Waals surface area (Å²) in [6.45, 7) is 1.61. The van der Waals surface area contributed by atoms with E-state index < -0.39 is 0 Å². The number of hydrogen-bond acceptors (Lipinski definition) is 2. The molecule has 0 amide bonds. The lowest BCUT2D eigenvalue weighted by molar-refractivity contribution is 0.134. The summed E-state index contributed by atoms with van der Waals surface area (Å²) in [7, 11) is 1.78. The number of rotatable bonds is 5. The van der Waals surface area contributed by atoms with Crippen LogP contribution in [0.4, 0.5) is 0 Å². The predicted molar refractivity (Wildman–Crippen MR) is 94.7 cm³/mol. The van der Waals surface area contributed by atoms with Crippen LogP contribution in [0.1, 0.15) is 24.8 Å². The third-order valence-electron chi connectivity index (χ3n) is 4.74. The van der Waals surface area contributed by atoms with E-state index in [4.69, 9.17) is 0 Å². The lowest BCUT2D eigenvalue weighted by Gasteiger charge is -2.17. The Bertz CT molecular complexity index is 664. The minimum Gasteiger partial charge on any atom is -0.393 e. The van der Waals surface area contributed by atoms with Gasteiger partial charge in [0.05, 0.1) is 6.10 Å². The SMILES string of the molecule is CN=C(NCCc1c[nH]c2ccccc12)NCC1CCCC1O. The molecule has 5 heteroatoms. The fraction of sp³-hybridized carbons (Fsp3) is 0.500. The molecule has 3 rings (SSSR count). The van der Waals surface area contributed by atoms with Crippen LogP contribution < -0.4 is 10.6 Å². The number of aliphatic hydroxyl groups excluding tert-OH is 1. The second kappa shape index (κ2) is 7.51. The van der Waals surface area contributed by atoms with Gasteiger partial charge in [-0.25, -0.2) is 0 Å². The summed E-state index contributed by atoms with van der Waals surface area (Å²) < 4.78 is 0. The van der Waals surface area contributed by atoms with Crippen LogP contribution >= 0.6 is 0 Å². The number of benzene rings is 1. The predicted octanol–water partition coefficient (Wildman–Crippen LogP) is 2.04. The fourth-order valence-corrected chi connectivity index (χ4v) is 3.36. The molecule has 2 unspecified atom stereocenters. The van der Waals surface area contributed by atoms with E-state index in [2.05, 4.69) is 45.0 Å². The molecule has 1 aliphatic carbocycles. The Kier molecular flexibility index (Phi) is 5.18. The number of fused-ring (bicyclic) bond motifs is 1. The zero-order valence-corrected chi connectivity index (χ0v) is 13.7. The molecule has 2 aromatic rings. The molecule has 1 heterocycles. The van der Waals surface area contributed by atoms with E-state index in [1.54, 1.807) is 7.05 Å². The maximum atomic E-state index is 9.87. The number of nitrogens with zero attached hydrogens (tertiary/aromatic N) is 1. The molecule has 0 saturated heterocycles. The number of aromatic amines is 1. The molecule has 0 bridgehead atoms. The van der Waals surface area contributed by atoms with Gasteiger partial charge in [-0.3, -0.25) is 4.99 Å². The first-order chi connectivity index (χ1) is 11.3. The molecule has 0 aliphatic heterocycles. The number of aliphatic imine (C=N–C) groups is 1. The number of H-pyrrole nitrogens is 1. The van der Waals surface area contributed by atoms with Crippen LogP contribution in [-0.4, -0.2) is 42.3 Å². The van der Waals surface area contributed by atoms with Crippen LogP contribution in [0.2, 0.25) is 0 Å². The molecular formula is C18H26N4O. The molecule has 2 atom stereocenters. The molecule has 1 aromatic heterocycles. The van der Waals surface area contributed by atoms with E-state index in [0.717, 1.165) is 44.7 Å². The highest BCUT2D eigenvalue weighted by Crippen LogP contribution is 2.24. The quantitative estimate of drug-likeness (QED) is 0.504. The minimum atomic E-state index is -0.160. The molecule has 124 valence electrons. The van der Waals surface area contributed by atoms with Crippen molar-refractivity contribution in [2.24, 2.45) is 10.9 Å². The molecule has 1 saturated carbocycles. The van der Waals surface area contributed by atoms with Crippen LogP contribution in [0.5, 0.6) is 0 Å². The zero-order chi connectivity index (χ0) is 16.1. The van der Waals surface area contributed by atoms with Gasteiger partial charge in [0.1, 0.15) is 0 Å². The van der Waals surface area contributed by atoms with Crippen LogP contribution in [0.25, 0.3) is 10.9 Å². The highest BCUT2D eigenvalue weighted by Gasteiger charge is 2.24. The molecule has 0 radical (unpaired) electrons. The summed E-state index contributed by atoms with van der Waals surface area (Å²) in [6.07, 6.45) is 6.01. The van der Waals surface area contributed by atoms with Gasteiger partial charge in [0.2, 0.25) is 0 Å². The zero-order valence-electron chi connectivity index (χ0n) is 13.7. The molecule has 1 aromatic carbocycles. The first-order valence-corrected chi connectivity index (χ1v) is 8.45. The maximum Gasteiger partial charge on any atom is 0.190 e. The second-order valence-electron chi connectivity index (χ2n) is 6.25. The van der Waals surface area contributed by atoms with Gasteiger partial charge in [-0.15, -0.1) is 0 Å². The summed E-state index contributed by atoms with van der Waals surface area (Å²) in [6, 6.07) is 8.36. The summed E-state index contributed by atoms with van der Waals surface area (Å²) in [5, 5.41) is 17.8. The first-order valence-electron chi connectivity index (χ1n) is 8.45. The van der Waals surface area contributed by atoms with E-state index in [0.29, 0.717) is 5.92 Å². The van der Waals surface area contributed by atoms with Gasteiger partial charge in [0.15, 0.2) is 5.96 Å². The average molecular weight is 314 g/mol. The highest BCUT2D eigenvalue weighted by atomic mass is 16.3. The Balaban J connectivity index is 1.47. The van der Waals surface area contributed by atoms with E-state index in [9.17, 15) is 5.11 Å². The van der Waals surface area contributed by atoms with Crippen molar-refractivity contribution in [2.75, 3.05) is 20.1 Å². The minimum absolute atomic E-state index is 0.160. The third kappa shape index (κ3) is 3.85. The van der Waals surface area contributed by atoms with Crippen LogP contribution in [0.3, 0.4) is 0 Å². The van der Waals surface area contributed by atoms with Crippen LogP contribution in [0.15, 0.2) is 35.5 Å². The van der Waals surface area contributed by atoms with Gasteiger partial charge >= 0.3 is 0 Å². The molecule has 0 spiro atoms. The van der Waals surface area contributed by atoms with Gasteiger partial charge < -0.3 is 20.7 Å². The number of hydrogen-bond donors (Lipinski definition) is 4. The maximum absolute atomic E-state index is 9.87. The fourth-order valence-electron chi connectivity index (χ4n) is 3.36. The van der Waals surface area contributed by atoms with Crippen LogP contribution in [0, 0.1) is 5.92 Å². The molecule has 1 fully saturated rings. The summed E-state index contributed by atoms with van der Waals surface area (Å²) in [5.74, 6) is 1.16. The highest BCUT2D eigenvalue weighted by molar-refractivity contribution is 5.83. The van der Waals surface area contributed by atoms with Crippen molar-refractivity contribution < 1.29 is 5.11 Å². The Morgan fingerprint density at radius 1 is 1.30 bits per heavy atom. The number of para-hydroxylation sites is 1. The molecule has 23 heavy (non-hydrogen) atoms. The Morgan fingerprint density at radius 2 is 2.17 bits per heavy atom. The summed E-state index contributed by atoms with van der Waals surface area (Å²) in [5.41, 5.74) is 2.50. The van der Waals surface area contributed by atoms with Crippen molar-refractivity contribution in [1.82, 2.24) is 15.6 Å². The number of aromatic nitrogens is 1. The Morgan fingerprint density at radius 3 is 2.96 bits per heavy atom. The number of nitrogens with one attached hydrogen (secondary N) is 3. The van der Waals surface area contributed by atoms with Crippen molar-refractivity contribution in [3.63, 3.8) is 0 Å². The van der Waals surface area contributed by atoms with Crippen LogP contribution in [-0.2, 0) is 6.42 Å². The van der Waals surface area contributed by atoms with Crippen molar-refractivity contribution in [1.29, 1.82) is 0 Å². The largest absolute Gasteiger partial charge is 0.393 e. The topological polar surface area (TPSA) is 72.4 Å². The van der Waals surface area contributed by atoms with Crippen molar-refractivity contribution in [3.8, 4) is 0 Å². The second-order valence-corrected chi connectivity index (χ2v) is 6.25.